The summed E-state index contributed by atoms with van der Waals surface area (Å²) in [5.41, 5.74) is 1.00. The maximum atomic E-state index is 12.8. The largest absolute Gasteiger partial charge is 0.598 e. The summed E-state index contributed by atoms with van der Waals surface area (Å²) in [6.07, 6.45) is 1.85. The number of halogens is 1. The zero-order valence-corrected chi connectivity index (χ0v) is 10.3. The average molecular weight is 241 g/mol. The molecule has 0 spiro atoms. The Morgan fingerprint density at radius 2 is 2.00 bits per heavy atom. The zero-order chi connectivity index (χ0) is 11.8. The van der Waals surface area contributed by atoms with E-state index in [4.69, 9.17) is 0 Å². The number of hydrogen-bond acceptors (Lipinski definition) is 2. The van der Waals surface area contributed by atoms with Crippen molar-refractivity contribution >= 4 is 11.4 Å². The average Bonchev–Trinajstić information content (AvgIpc) is 2.24. The maximum absolute atomic E-state index is 12.8. The van der Waals surface area contributed by atoms with E-state index in [9.17, 15) is 8.94 Å². The summed E-state index contributed by atoms with van der Waals surface area (Å²) in [6.45, 7) is 3.99. The molecule has 1 aromatic rings. The molecule has 4 heteroatoms. The molecule has 1 aliphatic heterocycles. The van der Waals surface area contributed by atoms with Crippen LogP contribution in [0.2, 0.25) is 0 Å². The molecule has 2 rings (SSSR count). The topological polar surface area (TPSA) is 35.1 Å². The van der Waals surface area contributed by atoms with Gasteiger partial charge in [0.15, 0.2) is 0 Å². The molecular weight excluding hydrogens is 225 g/mol. The van der Waals surface area contributed by atoms with Gasteiger partial charge in [-0.2, -0.15) is 0 Å². The van der Waals surface area contributed by atoms with Crippen LogP contribution in [0.15, 0.2) is 24.3 Å². The van der Waals surface area contributed by atoms with Crippen LogP contribution in [0.4, 0.5) is 4.39 Å². The van der Waals surface area contributed by atoms with Crippen LogP contribution in [0.25, 0.3) is 0 Å². The standard InChI is InChI=1S/C12H16FNOS/c1-12(2)8-7-11(14-16(12)15)9-3-5-10(13)6-4-9/h3-6,11,14H,7-8H2,1-2H3/t11-,16-/m1/s1. The van der Waals surface area contributed by atoms with Gasteiger partial charge in [0.25, 0.3) is 0 Å². The molecule has 0 amide bonds. The van der Waals surface area contributed by atoms with Crippen molar-refractivity contribution in [1.29, 1.82) is 0 Å². The van der Waals surface area contributed by atoms with Gasteiger partial charge in [-0.15, -0.1) is 4.72 Å². The smallest absolute Gasteiger partial charge is 0.139 e. The Labute approximate surface area is 98.6 Å². The van der Waals surface area contributed by atoms with Crippen molar-refractivity contribution in [3.8, 4) is 0 Å². The normalized spacial score (nSPS) is 29.0. The minimum atomic E-state index is -1.03. The van der Waals surface area contributed by atoms with Crippen LogP contribution < -0.4 is 4.72 Å². The molecule has 88 valence electrons. The third kappa shape index (κ3) is 2.39. The molecule has 16 heavy (non-hydrogen) atoms. The summed E-state index contributed by atoms with van der Waals surface area (Å²) < 4.78 is 27.6. The molecule has 1 saturated heterocycles. The second-order valence-corrected chi connectivity index (χ2v) is 6.67. The van der Waals surface area contributed by atoms with Gasteiger partial charge in [-0.1, -0.05) is 12.1 Å². The Morgan fingerprint density at radius 1 is 1.38 bits per heavy atom. The SMILES string of the molecule is CC1(C)CC[C@H](c2ccc(F)cc2)N[S@+]1[O-]. The first-order valence-corrected chi connectivity index (χ1v) is 6.57. The van der Waals surface area contributed by atoms with E-state index in [2.05, 4.69) is 4.72 Å². The molecule has 0 aliphatic carbocycles. The van der Waals surface area contributed by atoms with Gasteiger partial charge in [0.1, 0.15) is 10.6 Å². The summed E-state index contributed by atoms with van der Waals surface area (Å²) >= 11 is -1.03. The van der Waals surface area contributed by atoms with E-state index in [1.165, 1.54) is 12.1 Å². The molecule has 1 aromatic carbocycles. The van der Waals surface area contributed by atoms with Gasteiger partial charge in [0, 0.05) is 17.8 Å². The van der Waals surface area contributed by atoms with Gasteiger partial charge in [-0.3, -0.25) is 0 Å². The van der Waals surface area contributed by atoms with Crippen molar-refractivity contribution in [2.45, 2.75) is 37.5 Å². The highest BCUT2D eigenvalue weighted by Gasteiger charge is 2.39. The Kier molecular flexibility index (Phi) is 3.24. The Hall–Kier alpha value is -0.580. The summed E-state index contributed by atoms with van der Waals surface area (Å²) in [5.74, 6) is -0.235. The molecule has 0 unspecified atom stereocenters. The monoisotopic (exact) mass is 241 g/mol. The van der Waals surface area contributed by atoms with Crippen LogP contribution in [0, 0.1) is 5.82 Å². The highest BCUT2D eigenvalue weighted by atomic mass is 32.2. The Morgan fingerprint density at radius 3 is 2.56 bits per heavy atom. The molecule has 1 aliphatic rings. The number of nitrogens with one attached hydrogen (secondary N) is 1. The summed E-state index contributed by atoms with van der Waals surface area (Å²) in [5, 5.41) is 0. The Bertz CT molecular complexity index is 366. The molecule has 0 saturated carbocycles. The van der Waals surface area contributed by atoms with Crippen molar-refractivity contribution < 1.29 is 8.94 Å². The minimum Gasteiger partial charge on any atom is -0.598 e. The number of rotatable bonds is 1. The maximum Gasteiger partial charge on any atom is 0.139 e. The quantitative estimate of drug-likeness (QED) is 0.767. The molecule has 0 bridgehead atoms. The number of hydrogen-bond donors (Lipinski definition) is 1. The van der Waals surface area contributed by atoms with E-state index >= 15 is 0 Å². The summed E-state index contributed by atoms with van der Waals surface area (Å²) in [6, 6.07) is 6.47. The van der Waals surface area contributed by atoms with Crippen LogP contribution in [0.1, 0.15) is 38.3 Å². The lowest BCUT2D eigenvalue weighted by Gasteiger charge is -2.36. The molecule has 2 nitrogen and oxygen atoms in total. The highest BCUT2D eigenvalue weighted by Crippen LogP contribution is 2.34. The van der Waals surface area contributed by atoms with Gasteiger partial charge in [-0.25, -0.2) is 4.39 Å². The van der Waals surface area contributed by atoms with Crippen LogP contribution >= 0.6 is 0 Å². The highest BCUT2D eigenvalue weighted by molar-refractivity contribution is 7.90. The predicted octanol–water partition coefficient (Wildman–Crippen LogP) is 2.69. The summed E-state index contributed by atoms with van der Waals surface area (Å²) in [4.78, 5) is 0. The second-order valence-electron chi connectivity index (χ2n) is 4.79. The molecule has 1 heterocycles. The lowest BCUT2D eigenvalue weighted by atomic mass is 9.97. The van der Waals surface area contributed by atoms with E-state index in [1.54, 1.807) is 12.1 Å². The van der Waals surface area contributed by atoms with Crippen LogP contribution in [0.5, 0.6) is 0 Å². The predicted molar refractivity (Wildman–Crippen MR) is 63.7 cm³/mol. The third-order valence-electron chi connectivity index (χ3n) is 3.06. The van der Waals surface area contributed by atoms with Gasteiger partial charge >= 0.3 is 0 Å². The first-order chi connectivity index (χ1) is 7.49. The van der Waals surface area contributed by atoms with Crippen molar-refractivity contribution in [3.05, 3.63) is 35.6 Å². The van der Waals surface area contributed by atoms with E-state index in [0.717, 1.165) is 18.4 Å². The molecule has 2 atom stereocenters. The molecular formula is C12H16FNOS. The van der Waals surface area contributed by atoms with Crippen molar-refractivity contribution in [2.75, 3.05) is 0 Å². The van der Waals surface area contributed by atoms with E-state index in [0.29, 0.717) is 0 Å². The number of benzene rings is 1. The van der Waals surface area contributed by atoms with Gasteiger partial charge in [-0.05, 0) is 38.0 Å². The zero-order valence-electron chi connectivity index (χ0n) is 9.50. The minimum absolute atomic E-state index is 0.0782. The van der Waals surface area contributed by atoms with Crippen molar-refractivity contribution in [3.63, 3.8) is 0 Å². The molecule has 1 N–H and O–H groups in total. The van der Waals surface area contributed by atoms with Crippen molar-refractivity contribution in [1.82, 2.24) is 4.72 Å². The fourth-order valence-electron chi connectivity index (χ4n) is 1.86. The molecule has 0 radical (unpaired) electrons. The van der Waals surface area contributed by atoms with Crippen molar-refractivity contribution in [2.24, 2.45) is 0 Å². The van der Waals surface area contributed by atoms with E-state index in [1.807, 2.05) is 13.8 Å². The summed E-state index contributed by atoms with van der Waals surface area (Å²) in [7, 11) is 0. The first-order valence-electron chi connectivity index (χ1n) is 5.42. The lowest BCUT2D eigenvalue weighted by molar-refractivity contribution is 0.423. The molecule has 1 fully saturated rings. The first kappa shape index (κ1) is 11.9. The lowest BCUT2D eigenvalue weighted by Crippen LogP contribution is -2.47. The third-order valence-corrected chi connectivity index (χ3v) is 4.77. The van der Waals surface area contributed by atoms with Crippen LogP contribution in [-0.2, 0) is 11.4 Å². The van der Waals surface area contributed by atoms with Gasteiger partial charge < -0.3 is 4.55 Å². The van der Waals surface area contributed by atoms with E-state index < -0.39 is 11.4 Å². The van der Waals surface area contributed by atoms with Gasteiger partial charge in [0.05, 0.1) is 6.04 Å². The fraction of sp³-hybridized carbons (Fsp3) is 0.500. The van der Waals surface area contributed by atoms with Crippen LogP contribution in [-0.4, -0.2) is 9.30 Å². The molecule has 0 aromatic heterocycles. The van der Waals surface area contributed by atoms with Gasteiger partial charge in [0.2, 0.25) is 0 Å². The van der Waals surface area contributed by atoms with Crippen LogP contribution in [0.3, 0.4) is 0 Å². The second kappa shape index (κ2) is 4.35. The fourth-order valence-corrected chi connectivity index (χ4v) is 3.00. The van der Waals surface area contributed by atoms with E-state index in [-0.39, 0.29) is 16.6 Å². The Balaban J connectivity index is 2.10.